The first-order valence-electron chi connectivity index (χ1n) is 9.26. The standard InChI is InChI=1S/C18H32N2O.ClH/c1-14(15-8-10-19-11-9-15)13-18(21)20-12-4-6-16-5-2-3-7-17(16)20;/h14-17,19H,2-13H2,1H3;1H. The molecular weight excluding hydrogens is 296 g/mol. The predicted molar refractivity (Wildman–Crippen MR) is 93.3 cm³/mol. The van der Waals surface area contributed by atoms with Gasteiger partial charge in [-0.15, -0.1) is 12.4 Å². The third-order valence-electron chi connectivity index (χ3n) is 6.25. The van der Waals surface area contributed by atoms with Crippen molar-refractivity contribution in [2.75, 3.05) is 19.6 Å². The van der Waals surface area contributed by atoms with Crippen LogP contribution in [0.2, 0.25) is 0 Å². The Bertz CT molecular complexity index is 355. The summed E-state index contributed by atoms with van der Waals surface area (Å²) < 4.78 is 0. The van der Waals surface area contributed by atoms with Crippen LogP contribution in [0.25, 0.3) is 0 Å². The zero-order valence-electron chi connectivity index (χ0n) is 14.1. The average Bonchev–Trinajstić information content (AvgIpc) is 2.55. The van der Waals surface area contributed by atoms with Gasteiger partial charge in [0, 0.05) is 19.0 Å². The van der Waals surface area contributed by atoms with E-state index in [0.717, 1.165) is 37.9 Å². The van der Waals surface area contributed by atoms with E-state index in [1.165, 1.54) is 51.4 Å². The summed E-state index contributed by atoms with van der Waals surface area (Å²) in [5.41, 5.74) is 0. The van der Waals surface area contributed by atoms with Crippen molar-refractivity contribution < 1.29 is 4.79 Å². The molecule has 0 aromatic heterocycles. The Labute approximate surface area is 142 Å². The molecule has 3 nitrogen and oxygen atoms in total. The van der Waals surface area contributed by atoms with Gasteiger partial charge in [-0.3, -0.25) is 4.79 Å². The van der Waals surface area contributed by atoms with Crippen LogP contribution in [0.4, 0.5) is 0 Å². The fourth-order valence-electron chi connectivity index (χ4n) is 4.91. The number of hydrogen-bond acceptors (Lipinski definition) is 2. The lowest BCUT2D eigenvalue weighted by atomic mass is 9.77. The lowest BCUT2D eigenvalue weighted by Crippen LogP contribution is -2.50. The highest BCUT2D eigenvalue weighted by Gasteiger charge is 2.36. The van der Waals surface area contributed by atoms with Crippen molar-refractivity contribution in [2.45, 2.75) is 70.8 Å². The van der Waals surface area contributed by atoms with E-state index in [4.69, 9.17) is 0 Å². The molecule has 3 rings (SSSR count). The molecule has 4 heteroatoms. The summed E-state index contributed by atoms with van der Waals surface area (Å²) in [5, 5.41) is 3.43. The summed E-state index contributed by atoms with van der Waals surface area (Å²) in [6.45, 7) is 5.60. The summed E-state index contributed by atoms with van der Waals surface area (Å²) in [6, 6.07) is 0.584. The fourth-order valence-corrected chi connectivity index (χ4v) is 4.91. The maximum Gasteiger partial charge on any atom is 0.223 e. The van der Waals surface area contributed by atoms with Gasteiger partial charge < -0.3 is 10.2 Å². The third kappa shape index (κ3) is 4.17. The minimum Gasteiger partial charge on any atom is -0.339 e. The molecule has 0 bridgehead atoms. The maximum absolute atomic E-state index is 12.8. The van der Waals surface area contributed by atoms with Crippen molar-refractivity contribution in [3.05, 3.63) is 0 Å². The van der Waals surface area contributed by atoms with Crippen LogP contribution in [0.1, 0.15) is 64.7 Å². The van der Waals surface area contributed by atoms with Gasteiger partial charge in [-0.2, -0.15) is 0 Å². The molecule has 1 N–H and O–H groups in total. The second-order valence-corrected chi connectivity index (χ2v) is 7.61. The van der Waals surface area contributed by atoms with Gasteiger partial charge in [0.15, 0.2) is 0 Å². The first-order chi connectivity index (χ1) is 10.3. The lowest BCUT2D eigenvalue weighted by molar-refractivity contribution is -0.139. The quantitative estimate of drug-likeness (QED) is 0.858. The molecule has 3 atom stereocenters. The number of rotatable bonds is 3. The molecule has 3 fully saturated rings. The number of carbonyl (C=O) groups is 1. The van der Waals surface area contributed by atoms with E-state index in [0.29, 0.717) is 17.9 Å². The molecule has 3 unspecified atom stereocenters. The molecule has 2 heterocycles. The SMILES string of the molecule is CC(CC(=O)N1CCCC2CCCCC21)C1CCNCC1.Cl. The molecule has 0 aromatic rings. The first-order valence-corrected chi connectivity index (χ1v) is 9.26. The van der Waals surface area contributed by atoms with Crippen molar-refractivity contribution in [1.82, 2.24) is 10.2 Å². The van der Waals surface area contributed by atoms with Crippen molar-refractivity contribution >= 4 is 18.3 Å². The number of amides is 1. The van der Waals surface area contributed by atoms with Crippen molar-refractivity contribution in [3.63, 3.8) is 0 Å². The van der Waals surface area contributed by atoms with E-state index in [9.17, 15) is 4.79 Å². The van der Waals surface area contributed by atoms with E-state index < -0.39 is 0 Å². The second-order valence-electron chi connectivity index (χ2n) is 7.61. The molecule has 1 saturated carbocycles. The number of likely N-dealkylation sites (tertiary alicyclic amines) is 1. The lowest BCUT2D eigenvalue weighted by Gasteiger charge is -2.44. The molecule has 2 aliphatic heterocycles. The maximum atomic E-state index is 12.8. The average molecular weight is 329 g/mol. The minimum atomic E-state index is 0. The molecule has 128 valence electrons. The van der Waals surface area contributed by atoms with Crippen LogP contribution in [0.3, 0.4) is 0 Å². The zero-order valence-corrected chi connectivity index (χ0v) is 14.9. The van der Waals surface area contributed by atoms with Crippen LogP contribution in [-0.2, 0) is 4.79 Å². The van der Waals surface area contributed by atoms with Crippen molar-refractivity contribution in [2.24, 2.45) is 17.8 Å². The van der Waals surface area contributed by atoms with E-state index >= 15 is 0 Å². The third-order valence-corrected chi connectivity index (χ3v) is 6.25. The van der Waals surface area contributed by atoms with Crippen LogP contribution >= 0.6 is 12.4 Å². The highest BCUT2D eigenvalue weighted by molar-refractivity contribution is 5.85. The van der Waals surface area contributed by atoms with Crippen LogP contribution in [0.15, 0.2) is 0 Å². The van der Waals surface area contributed by atoms with Gasteiger partial charge >= 0.3 is 0 Å². The molecule has 0 radical (unpaired) electrons. The molecule has 1 aliphatic carbocycles. The highest BCUT2D eigenvalue weighted by Crippen LogP contribution is 2.36. The van der Waals surface area contributed by atoms with Gasteiger partial charge in [0.25, 0.3) is 0 Å². The topological polar surface area (TPSA) is 32.3 Å². The van der Waals surface area contributed by atoms with E-state index in [-0.39, 0.29) is 12.4 Å². The molecule has 22 heavy (non-hydrogen) atoms. The predicted octanol–water partition coefficient (Wildman–Crippen LogP) is 3.62. The summed E-state index contributed by atoms with van der Waals surface area (Å²) in [5.74, 6) is 2.58. The normalized spacial score (nSPS) is 31.0. The van der Waals surface area contributed by atoms with Gasteiger partial charge in [0.05, 0.1) is 0 Å². The highest BCUT2D eigenvalue weighted by atomic mass is 35.5. The van der Waals surface area contributed by atoms with E-state index in [1.54, 1.807) is 0 Å². The Balaban J connectivity index is 0.00000176. The summed E-state index contributed by atoms with van der Waals surface area (Å²) in [6.07, 6.45) is 11.2. The van der Waals surface area contributed by atoms with Crippen LogP contribution in [-0.4, -0.2) is 36.5 Å². The number of carbonyl (C=O) groups excluding carboxylic acids is 1. The Morgan fingerprint density at radius 3 is 2.55 bits per heavy atom. The molecule has 0 aromatic carbocycles. The minimum absolute atomic E-state index is 0. The monoisotopic (exact) mass is 328 g/mol. The van der Waals surface area contributed by atoms with Gasteiger partial charge in [0.1, 0.15) is 0 Å². The Morgan fingerprint density at radius 1 is 1.09 bits per heavy atom. The Morgan fingerprint density at radius 2 is 1.77 bits per heavy atom. The molecule has 3 aliphatic rings. The number of halogens is 1. The second kappa shape index (κ2) is 8.54. The van der Waals surface area contributed by atoms with Crippen molar-refractivity contribution in [1.29, 1.82) is 0 Å². The van der Waals surface area contributed by atoms with E-state index in [2.05, 4.69) is 17.1 Å². The Hall–Kier alpha value is -0.280. The van der Waals surface area contributed by atoms with Gasteiger partial charge in [-0.05, 0) is 69.4 Å². The summed E-state index contributed by atoms with van der Waals surface area (Å²) in [7, 11) is 0. The first kappa shape index (κ1) is 18.1. The van der Waals surface area contributed by atoms with Crippen molar-refractivity contribution in [3.8, 4) is 0 Å². The smallest absolute Gasteiger partial charge is 0.223 e. The number of nitrogens with zero attached hydrogens (tertiary/aromatic N) is 1. The van der Waals surface area contributed by atoms with Crippen LogP contribution in [0.5, 0.6) is 0 Å². The number of hydrogen-bond donors (Lipinski definition) is 1. The van der Waals surface area contributed by atoms with E-state index in [1.807, 2.05) is 0 Å². The van der Waals surface area contributed by atoms with Crippen LogP contribution in [0, 0.1) is 17.8 Å². The van der Waals surface area contributed by atoms with Gasteiger partial charge in [-0.1, -0.05) is 19.8 Å². The number of nitrogens with one attached hydrogen (secondary N) is 1. The molecule has 0 spiro atoms. The zero-order chi connectivity index (χ0) is 14.7. The molecule has 2 saturated heterocycles. The fraction of sp³-hybridized carbons (Fsp3) is 0.944. The molecule has 1 amide bonds. The largest absolute Gasteiger partial charge is 0.339 e. The van der Waals surface area contributed by atoms with Gasteiger partial charge in [-0.25, -0.2) is 0 Å². The molecular formula is C18H33ClN2O. The number of fused-ring (bicyclic) bond motifs is 1. The summed E-state index contributed by atoms with van der Waals surface area (Å²) >= 11 is 0. The number of piperidine rings is 2. The Kier molecular flexibility index (Phi) is 7.01. The van der Waals surface area contributed by atoms with Gasteiger partial charge in [0.2, 0.25) is 5.91 Å². The summed E-state index contributed by atoms with van der Waals surface area (Å²) in [4.78, 5) is 15.1. The van der Waals surface area contributed by atoms with Crippen LogP contribution < -0.4 is 5.32 Å².